The summed E-state index contributed by atoms with van der Waals surface area (Å²) in [4.78, 5) is 27.7. The van der Waals surface area contributed by atoms with Crippen molar-refractivity contribution in [2.24, 2.45) is 11.8 Å². The molecule has 0 aliphatic carbocycles. The summed E-state index contributed by atoms with van der Waals surface area (Å²) in [6.45, 7) is 14.4. The van der Waals surface area contributed by atoms with Gasteiger partial charge in [0, 0.05) is 77.6 Å². The van der Waals surface area contributed by atoms with Gasteiger partial charge in [0.2, 0.25) is 5.91 Å². The molecule has 8 aliphatic heterocycles. The third-order valence-corrected chi connectivity index (χ3v) is 16.0. The van der Waals surface area contributed by atoms with Gasteiger partial charge in [-0.1, -0.05) is 36.0 Å². The van der Waals surface area contributed by atoms with E-state index < -0.39 is 36.3 Å². The molecule has 10 bridgehead atoms. The molecular formula is C49H77BrN2O14. The lowest BCUT2D eigenvalue weighted by atomic mass is 9.81. The van der Waals surface area contributed by atoms with Crippen molar-refractivity contribution in [1.82, 2.24) is 10.2 Å². The third-order valence-electron chi connectivity index (χ3n) is 15.5. The van der Waals surface area contributed by atoms with Crippen LogP contribution in [0.15, 0.2) is 24.3 Å². The van der Waals surface area contributed by atoms with Gasteiger partial charge in [-0.15, -0.1) is 0 Å². The number of aliphatic hydroxyl groups excluding tert-OH is 2. The lowest BCUT2D eigenvalue weighted by molar-refractivity contribution is -0.277. The van der Waals surface area contributed by atoms with Crippen molar-refractivity contribution in [2.75, 3.05) is 65.5 Å². The number of fused-ring (bicyclic) bond motifs is 9. The summed E-state index contributed by atoms with van der Waals surface area (Å²) in [7, 11) is 3.62. The van der Waals surface area contributed by atoms with Crippen LogP contribution in [0.25, 0.3) is 0 Å². The SMILES string of the molecule is C=C1C[C@@H]2CC[C@]34C[C@@H](O)[C@H](O3)[C@H]3C[C@@H](O4)[C@H]4O[C@H](CC[C@@H]4O3)CC(=O)C[C@@H]3[C@@H](OC)[C@@H](C[C@H](O)CN(C)CCOCCOCCNC(=O)CBr)O[C@H]3C[C@H]3O[C@@H](CC[C@@H]1O2)C[C@@H](C)C3=C. The van der Waals surface area contributed by atoms with E-state index in [2.05, 4.69) is 41.3 Å². The number of ketones is 1. The van der Waals surface area contributed by atoms with Crippen molar-refractivity contribution in [2.45, 2.75) is 194 Å². The van der Waals surface area contributed by atoms with Crippen LogP contribution in [0, 0.1) is 11.8 Å². The normalized spacial score (nSPS) is 42.2. The van der Waals surface area contributed by atoms with E-state index in [4.69, 9.17) is 47.4 Å². The molecule has 1 amide bonds. The van der Waals surface area contributed by atoms with Crippen LogP contribution in [0.2, 0.25) is 0 Å². The predicted molar refractivity (Wildman–Crippen MR) is 245 cm³/mol. The van der Waals surface area contributed by atoms with Crippen LogP contribution in [0.1, 0.15) is 96.8 Å². The molecule has 0 saturated carbocycles. The Hall–Kier alpha value is -1.42. The van der Waals surface area contributed by atoms with Gasteiger partial charge in [0.05, 0.1) is 111 Å². The molecule has 66 heavy (non-hydrogen) atoms. The Kier molecular flexibility index (Phi) is 17.9. The molecule has 8 saturated heterocycles. The molecule has 374 valence electrons. The minimum absolute atomic E-state index is 0.00294. The van der Waals surface area contributed by atoms with E-state index >= 15 is 0 Å². The number of halogens is 1. The number of alkyl halides is 1. The van der Waals surface area contributed by atoms with Crippen molar-refractivity contribution in [3.05, 3.63) is 24.3 Å². The number of hydrogen-bond acceptors (Lipinski definition) is 15. The van der Waals surface area contributed by atoms with Crippen LogP contribution in [-0.4, -0.2) is 190 Å². The number of Topliss-reactive ketones (excluding diaryl/α,β-unsaturated/α-hetero) is 1. The molecule has 18 atom stereocenters. The first-order chi connectivity index (χ1) is 31.8. The highest BCUT2D eigenvalue weighted by atomic mass is 79.9. The monoisotopic (exact) mass is 996 g/mol. The minimum atomic E-state index is -0.969. The lowest BCUT2D eigenvalue weighted by Crippen LogP contribution is -2.58. The van der Waals surface area contributed by atoms with Gasteiger partial charge in [0.25, 0.3) is 0 Å². The zero-order valence-electron chi connectivity index (χ0n) is 39.4. The van der Waals surface area contributed by atoms with Crippen molar-refractivity contribution >= 4 is 27.6 Å². The van der Waals surface area contributed by atoms with Gasteiger partial charge in [0.1, 0.15) is 18.0 Å². The van der Waals surface area contributed by atoms with E-state index in [1.165, 1.54) is 0 Å². The van der Waals surface area contributed by atoms with E-state index in [-0.39, 0.29) is 103 Å². The highest BCUT2D eigenvalue weighted by Gasteiger charge is 2.59. The highest BCUT2D eigenvalue weighted by molar-refractivity contribution is 9.09. The second-order valence-corrected chi connectivity index (χ2v) is 21.0. The fourth-order valence-electron chi connectivity index (χ4n) is 12.1. The zero-order valence-corrected chi connectivity index (χ0v) is 41.0. The van der Waals surface area contributed by atoms with Gasteiger partial charge >= 0.3 is 0 Å². The summed E-state index contributed by atoms with van der Waals surface area (Å²) >= 11 is 3.12. The summed E-state index contributed by atoms with van der Waals surface area (Å²) in [6.07, 6.45) is 3.31. The van der Waals surface area contributed by atoms with E-state index in [0.29, 0.717) is 91.0 Å². The standard InChI is InChI=1S/C49H77BrN2O14/c1-28-18-33-6-8-38-29(2)19-35(60-38)10-11-49-25-37(55)47(66-49)43-24-44(65-49)48-39(63-43)9-7-34(62-48)20-31(53)21-36-41(23-40(61-33)30(28)3)64-42(46(36)57-5)22-32(54)27-52(4)13-15-59-17-16-58-14-12-51-45(56)26-50/h28,32-44,46-48,54-55H,2-3,6-27H2,1,4-5H3,(H,51,56)/t28-,32+,33+,34-,35+,36+,37-,38+,39+,40-,41+,42-,43-,44-,46-,47+,48+,49-/m1/s1. The van der Waals surface area contributed by atoms with Crippen LogP contribution in [0.4, 0.5) is 0 Å². The fraction of sp³-hybridized carbons (Fsp3) is 0.878. The number of aliphatic hydroxyl groups is 2. The molecule has 0 aromatic heterocycles. The second kappa shape index (κ2) is 23.2. The molecule has 8 aliphatic rings. The van der Waals surface area contributed by atoms with Crippen LogP contribution >= 0.6 is 15.9 Å². The Morgan fingerprint density at radius 1 is 0.864 bits per heavy atom. The Bertz CT molecular complexity index is 1660. The number of methoxy groups -OCH3 is 1. The van der Waals surface area contributed by atoms with Gasteiger partial charge in [-0.25, -0.2) is 0 Å². The summed E-state index contributed by atoms with van der Waals surface area (Å²) in [6, 6.07) is 0. The van der Waals surface area contributed by atoms with Crippen LogP contribution in [0.5, 0.6) is 0 Å². The number of amides is 1. The number of ether oxygens (including phenoxy) is 10. The van der Waals surface area contributed by atoms with Gasteiger partial charge < -0.3 is 67.8 Å². The number of hydrogen-bond donors (Lipinski definition) is 3. The molecular weight excluding hydrogens is 920 g/mol. The summed E-state index contributed by atoms with van der Waals surface area (Å²) in [5.74, 6) is -1.00. The number of rotatable bonds is 15. The number of nitrogens with one attached hydrogen (secondary N) is 1. The molecule has 0 aromatic rings. The number of nitrogens with zero attached hydrogens (tertiary/aromatic N) is 1. The van der Waals surface area contributed by atoms with Crippen molar-refractivity contribution in [1.29, 1.82) is 0 Å². The Morgan fingerprint density at radius 2 is 1.64 bits per heavy atom. The number of carbonyl (C=O) groups is 2. The van der Waals surface area contributed by atoms with Crippen LogP contribution in [-0.2, 0) is 57.0 Å². The molecule has 0 radical (unpaired) electrons. The van der Waals surface area contributed by atoms with Crippen molar-refractivity contribution in [3.63, 3.8) is 0 Å². The Labute approximate surface area is 399 Å². The molecule has 8 fully saturated rings. The van der Waals surface area contributed by atoms with E-state index in [0.717, 1.165) is 43.3 Å². The predicted octanol–water partition coefficient (Wildman–Crippen LogP) is 3.94. The Balaban J connectivity index is 0.930. The maximum Gasteiger partial charge on any atom is 0.230 e. The topological polar surface area (TPSA) is 182 Å². The van der Waals surface area contributed by atoms with Gasteiger partial charge in [0.15, 0.2) is 5.79 Å². The molecule has 8 heterocycles. The smallest absolute Gasteiger partial charge is 0.230 e. The quantitative estimate of drug-likeness (QED) is 0.122. The molecule has 1 spiro atoms. The zero-order chi connectivity index (χ0) is 46.5. The number of carbonyl (C=O) groups excluding carboxylic acids is 2. The molecule has 8 rings (SSSR count). The van der Waals surface area contributed by atoms with Crippen molar-refractivity contribution in [3.8, 4) is 0 Å². The first kappa shape index (κ1) is 51.0. The second-order valence-electron chi connectivity index (χ2n) is 20.5. The summed E-state index contributed by atoms with van der Waals surface area (Å²) < 4.78 is 64.9. The lowest BCUT2D eigenvalue weighted by Gasteiger charge is -2.47. The van der Waals surface area contributed by atoms with Crippen molar-refractivity contribution < 1.29 is 67.2 Å². The fourth-order valence-corrected chi connectivity index (χ4v) is 12.3. The van der Waals surface area contributed by atoms with Crippen LogP contribution < -0.4 is 5.32 Å². The van der Waals surface area contributed by atoms with Crippen LogP contribution in [0.3, 0.4) is 0 Å². The third kappa shape index (κ3) is 12.5. The largest absolute Gasteiger partial charge is 0.392 e. The van der Waals surface area contributed by atoms with E-state index in [1.54, 1.807) is 7.11 Å². The average Bonchev–Trinajstić information content (AvgIpc) is 3.89. The molecule has 0 aromatic carbocycles. The van der Waals surface area contributed by atoms with Gasteiger partial charge in [-0.3, -0.25) is 9.59 Å². The highest BCUT2D eigenvalue weighted by Crippen LogP contribution is 2.49. The minimum Gasteiger partial charge on any atom is -0.392 e. The van der Waals surface area contributed by atoms with Gasteiger partial charge in [-0.2, -0.15) is 0 Å². The molecule has 17 heteroatoms. The van der Waals surface area contributed by atoms with E-state index in [9.17, 15) is 19.8 Å². The maximum absolute atomic E-state index is 14.3. The maximum atomic E-state index is 14.3. The first-order valence-electron chi connectivity index (χ1n) is 24.9. The number of likely N-dealkylation sites (N-methyl/N-ethyl adjacent to an activating group) is 1. The first-order valence-corrected chi connectivity index (χ1v) is 26.0. The molecule has 0 unspecified atom stereocenters. The summed E-state index contributed by atoms with van der Waals surface area (Å²) in [5.41, 5.74) is 2.13. The van der Waals surface area contributed by atoms with E-state index in [1.807, 2.05) is 11.9 Å². The Morgan fingerprint density at radius 3 is 2.44 bits per heavy atom. The summed E-state index contributed by atoms with van der Waals surface area (Å²) in [5, 5.41) is 25.7. The molecule has 3 N–H and O–H groups in total. The van der Waals surface area contributed by atoms with Gasteiger partial charge in [-0.05, 0) is 69.1 Å². The molecule has 16 nitrogen and oxygen atoms in total. The average molecular weight is 998 g/mol.